The fraction of sp³-hybridized carbons (Fsp3) is 0.357. The van der Waals surface area contributed by atoms with Gasteiger partial charge in [0.25, 0.3) is 5.56 Å². The minimum atomic E-state index is -0.354. The van der Waals surface area contributed by atoms with Crippen LogP contribution in [0.4, 0.5) is 0 Å². The molecule has 2 aromatic rings. The number of hydrogen-bond acceptors (Lipinski definition) is 4. The quantitative estimate of drug-likeness (QED) is 0.856. The predicted octanol–water partition coefficient (Wildman–Crippen LogP) is 2.06. The number of aromatic amines is 1. The zero-order chi connectivity index (χ0) is 14.5. The highest BCUT2D eigenvalue weighted by molar-refractivity contribution is 7.99. The van der Waals surface area contributed by atoms with E-state index < -0.39 is 0 Å². The topological polar surface area (TPSA) is 67.8 Å². The summed E-state index contributed by atoms with van der Waals surface area (Å²) in [5, 5.41) is 1.47. The third-order valence-electron chi connectivity index (χ3n) is 2.88. The van der Waals surface area contributed by atoms with Gasteiger partial charge in [-0.3, -0.25) is 14.3 Å². The molecule has 0 bridgehead atoms. The van der Waals surface area contributed by atoms with Crippen LogP contribution in [-0.4, -0.2) is 14.5 Å². The van der Waals surface area contributed by atoms with Gasteiger partial charge in [0.1, 0.15) is 5.03 Å². The minimum Gasteiger partial charge on any atom is -0.287 e. The van der Waals surface area contributed by atoms with Gasteiger partial charge in [0.2, 0.25) is 0 Å². The summed E-state index contributed by atoms with van der Waals surface area (Å²) in [5.41, 5.74) is -0.0236. The Morgan fingerprint density at radius 2 is 2.10 bits per heavy atom. The van der Waals surface area contributed by atoms with Crippen LogP contribution < -0.4 is 11.2 Å². The monoisotopic (exact) mass is 291 g/mol. The molecule has 1 N–H and O–H groups in total. The van der Waals surface area contributed by atoms with E-state index in [4.69, 9.17) is 0 Å². The minimum absolute atomic E-state index is 0.303. The molecule has 0 radical (unpaired) electrons. The standard InChI is InChI=1S/C14H17N3O2S/c1-3-9-17-13(20-11-7-5-6-8-15-11)10(4-2)12(18)16-14(17)19/h5-8H,3-4,9H2,1-2H3,(H,16,18,19). The number of pyridine rings is 1. The molecule has 106 valence electrons. The van der Waals surface area contributed by atoms with Crippen LogP contribution in [-0.2, 0) is 13.0 Å². The molecule has 0 atom stereocenters. The molecule has 2 aromatic heterocycles. The van der Waals surface area contributed by atoms with Crippen LogP contribution in [0.2, 0.25) is 0 Å². The SMILES string of the molecule is CCCn1c(Sc2ccccn2)c(CC)c(=O)[nH]c1=O. The number of aromatic nitrogens is 3. The Morgan fingerprint density at radius 3 is 2.70 bits per heavy atom. The molecule has 6 heteroatoms. The molecule has 20 heavy (non-hydrogen) atoms. The average Bonchev–Trinajstić information content (AvgIpc) is 2.44. The lowest BCUT2D eigenvalue weighted by Gasteiger charge is -2.13. The van der Waals surface area contributed by atoms with Crippen molar-refractivity contribution in [1.29, 1.82) is 0 Å². The van der Waals surface area contributed by atoms with E-state index in [1.165, 1.54) is 11.8 Å². The van der Waals surface area contributed by atoms with E-state index in [1.807, 2.05) is 32.0 Å². The van der Waals surface area contributed by atoms with Gasteiger partial charge in [-0.1, -0.05) is 31.7 Å². The molecule has 0 aliphatic rings. The molecule has 5 nitrogen and oxygen atoms in total. The van der Waals surface area contributed by atoms with Crippen LogP contribution in [0, 0.1) is 0 Å². The number of nitrogens with one attached hydrogen (secondary N) is 1. The summed E-state index contributed by atoms with van der Waals surface area (Å²) in [4.78, 5) is 30.6. The van der Waals surface area contributed by atoms with Gasteiger partial charge in [0.05, 0.1) is 5.03 Å². The highest BCUT2D eigenvalue weighted by Gasteiger charge is 2.14. The second kappa shape index (κ2) is 6.56. The molecule has 0 aromatic carbocycles. The highest BCUT2D eigenvalue weighted by atomic mass is 32.2. The third kappa shape index (κ3) is 3.01. The molecule has 0 saturated heterocycles. The van der Waals surface area contributed by atoms with E-state index in [9.17, 15) is 9.59 Å². The maximum Gasteiger partial charge on any atom is 0.329 e. The molecule has 0 saturated carbocycles. The smallest absolute Gasteiger partial charge is 0.287 e. The van der Waals surface area contributed by atoms with Crippen LogP contribution >= 0.6 is 11.8 Å². The van der Waals surface area contributed by atoms with Crippen LogP contribution in [0.25, 0.3) is 0 Å². The second-order valence-electron chi connectivity index (χ2n) is 4.32. The van der Waals surface area contributed by atoms with E-state index in [0.29, 0.717) is 23.6 Å². The van der Waals surface area contributed by atoms with E-state index in [2.05, 4.69) is 9.97 Å². The van der Waals surface area contributed by atoms with Crippen molar-refractivity contribution in [3.05, 3.63) is 50.8 Å². The Morgan fingerprint density at radius 1 is 1.30 bits per heavy atom. The third-order valence-corrected chi connectivity index (χ3v) is 3.99. The van der Waals surface area contributed by atoms with Crippen molar-refractivity contribution >= 4 is 11.8 Å². The molecule has 0 fully saturated rings. The van der Waals surface area contributed by atoms with Crippen molar-refractivity contribution in [2.24, 2.45) is 0 Å². The van der Waals surface area contributed by atoms with Gasteiger partial charge in [-0.05, 0) is 25.0 Å². The maximum absolute atomic E-state index is 12.0. The first-order valence-corrected chi connectivity index (χ1v) is 7.43. The number of hydrogen-bond donors (Lipinski definition) is 1. The first kappa shape index (κ1) is 14.6. The Labute approximate surface area is 121 Å². The molecular weight excluding hydrogens is 274 g/mol. The lowest BCUT2D eigenvalue weighted by molar-refractivity contribution is 0.569. The van der Waals surface area contributed by atoms with E-state index in [0.717, 1.165) is 11.4 Å². The normalized spacial score (nSPS) is 10.7. The molecule has 0 unspecified atom stereocenters. The van der Waals surface area contributed by atoms with Gasteiger partial charge in [0, 0.05) is 18.3 Å². The molecule has 0 amide bonds. The van der Waals surface area contributed by atoms with Gasteiger partial charge in [0.15, 0.2) is 0 Å². The average molecular weight is 291 g/mol. The van der Waals surface area contributed by atoms with Gasteiger partial charge in [-0.15, -0.1) is 0 Å². The summed E-state index contributed by atoms with van der Waals surface area (Å²) in [7, 11) is 0. The molecule has 0 aliphatic heterocycles. The summed E-state index contributed by atoms with van der Waals surface area (Å²) in [6, 6.07) is 5.59. The number of H-pyrrole nitrogens is 1. The highest BCUT2D eigenvalue weighted by Crippen LogP contribution is 2.26. The van der Waals surface area contributed by atoms with Crippen molar-refractivity contribution in [1.82, 2.24) is 14.5 Å². The fourth-order valence-electron chi connectivity index (χ4n) is 1.95. The number of nitrogens with zero attached hydrogens (tertiary/aromatic N) is 2. The van der Waals surface area contributed by atoms with Gasteiger partial charge in [-0.25, -0.2) is 9.78 Å². The van der Waals surface area contributed by atoms with Gasteiger partial charge < -0.3 is 0 Å². The van der Waals surface area contributed by atoms with Crippen LogP contribution in [0.3, 0.4) is 0 Å². The van der Waals surface area contributed by atoms with Crippen molar-refractivity contribution in [2.45, 2.75) is 43.3 Å². The summed E-state index contributed by atoms with van der Waals surface area (Å²) in [6.45, 7) is 4.49. The predicted molar refractivity (Wildman–Crippen MR) is 79.4 cm³/mol. The second-order valence-corrected chi connectivity index (χ2v) is 5.33. The van der Waals surface area contributed by atoms with E-state index in [1.54, 1.807) is 10.8 Å². The first-order chi connectivity index (χ1) is 9.67. The Balaban J connectivity index is 2.58. The molecule has 0 aliphatic carbocycles. The van der Waals surface area contributed by atoms with Crippen molar-refractivity contribution in [2.75, 3.05) is 0 Å². The zero-order valence-corrected chi connectivity index (χ0v) is 12.4. The Bertz CT molecular complexity index is 692. The molecule has 2 rings (SSSR count). The summed E-state index contributed by atoms with van der Waals surface area (Å²) < 4.78 is 1.62. The molecule has 0 spiro atoms. The van der Waals surface area contributed by atoms with Crippen LogP contribution in [0.5, 0.6) is 0 Å². The van der Waals surface area contributed by atoms with Gasteiger partial charge >= 0.3 is 5.69 Å². The summed E-state index contributed by atoms with van der Waals surface area (Å²) >= 11 is 1.37. The lowest BCUT2D eigenvalue weighted by atomic mass is 10.2. The fourth-order valence-corrected chi connectivity index (χ4v) is 3.06. The van der Waals surface area contributed by atoms with E-state index >= 15 is 0 Å². The maximum atomic E-state index is 12.0. The van der Waals surface area contributed by atoms with Crippen LogP contribution in [0.1, 0.15) is 25.8 Å². The first-order valence-electron chi connectivity index (χ1n) is 6.62. The Hall–Kier alpha value is -1.82. The summed E-state index contributed by atoms with van der Waals surface area (Å²) in [5.74, 6) is 0. The van der Waals surface area contributed by atoms with Crippen molar-refractivity contribution in [3.63, 3.8) is 0 Å². The van der Waals surface area contributed by atoms with Gasteiger partial charge in [-0.2, -0.15) is 0 Å². The number of rotatable bonds is 5. The largest absolute Gasteiger partial charge is 0.329 e. The Kier molecular flexibility index (Phi) is 4.79. The van der Waals surface area contributed by atoms with Crippen molar-refractivity contribution < 1.29 is 0 Å². The van der Waals surface area contributed by atoms with E-state index in [-0.39, 0.29) is 11.2 Å². The molecule has 2 heterocycles. The summed E-state index contributed by atoms with van der Waals surface area (Å²) in [6.07, 6.45) is 3.10. The zero-order valence-electron chi connectivity index (χ0n) is 11.5. The van der Waals surface area contributed by atoms with Crippen molar-refractivity contribution in [3.8, 4) is 0 Å². The van der Waals surface area contributed by atoms with Crippen LogP contribution in [0.15, 0.2) is 44.0 Å². The lowest BCUT2D eigenvalue weighted by Crippen LogP contribution is -2.33. The molecular formula is C14H17N3O2S.